The van der Waals surface area contributed by atoms with Crippen LogP contribution in [0, 0.1) is 5.92 Å². The molecule has 1 aliphatic carbocycles. The highest BCUT2D eigenvalue weighted by atomic mass is 35.5. The topological polar surface area (TPSA) is 73.9 Å². The zero-order chi connectivity index (χ0) is 20.5. The predicted octanol–water partition coefficient (Wildman–Crippen LogP) is 0.784. The molecule has 2 heterocycles. The number of alkyl halides is 5. The average Bonchev–Trinajstić information content (AvgIpc) is 2.60. The summed E-state index contributed by atoms with van der Waals surface area (Å²) in [7, 11) is 0. The summed E-state index contributed by atoms with van der Waals surface area (Å²) in [5.74, 6) is -1.07. The van der Waals surface area contributed by atoms with Gasteiger partial charge in [0.1, 0.15) is 11.5 Å². The van der Waals surface area contributed by atoms with E-state index in [2.05, 4.69) is 15.6 Å². The van der Waals surface area contributed by atoms with E-state index in [0.717, 1.165) is 0 Å². The molecular formula is C16H23ClF4N4O3. The molecule has 5 atom stereocenters. The van der Waals surface area contributed by atoms with Gasteiger partial charge in [-0.1, -0.05) is 0 Å². The van der Waals surface area contributed by atoms with E-state index in [9.17, 15) is 27.2 Å². The minimum absolute atomic E-state index is 0.0618. The predicted molar refractivity (Wildman–Crippen MR) is 90.9 cm³/mol. The number of nitrogens with one attached hydrogen (secondary N) is 2. The van der Waals surface area contributed by atoms with Gasteiger partial charge in [-0.05, 0) is 12.8 Å². The molecule has 3 fully saturated rings. The number of hydrogen-bond donors (Lipinski definition) is 2. The number of hydrazine groups is 1. The Morgan fingerprint density at radius 3 is 2.61 bits per heavy atom. The first-order valence-corrected chi connectivity index (χ1v) is 9.65. The molecule has 2 saturated heterocycles. The summed E-state index contributed by atoms with van der Waals surface area (Å²) in [5, 5.41) is -0.778. The maximum absolute atomic E-state index is 14.4. The largest absolute Gasteiger partial charge is 0.522 e. The number of hydrogen-bond acceptors (Lipinski definition) is 5. The lowest BCUT2D eigenvalue weighted by atomic mass is 9.85. The average molecular weight is 431 g/mol. The second kappa shape index (κ2) is 8.68. The Morgan fingerprint density at radius 1 is 1.21 bits per heavy atom. The van der Waals surface area contributed by atoms with Crippen LogP contribution in [0.4, 0.5) is 17.6 Å². The van der Waals surface area contributed by atoms with Gasteiger partial charge in [0, 0.05) is 44.6 Å². The second-order valence-electron chi connectivity index (χ2n) is 7.42. The van der Waals surface area contributed by atoms with E-state index >= 15 is 0 Å². The SMILES string of the molecule is O=C1NNCC(N2CCN(CC3CCC(OC(F)(F)F)CC3F)C(=O)C2)C1Cl. The quantitative estimate of drug-likeness (QED) is 0.509. The van der Waals surface area contributed by atoms with E-state index in [0.29, 0.717) is 19.6 Å². The van der Waals surface area contributed by atoms with Crippen molar-refractivity contribution in [3.05, 3.63) is 0 Å². The molecule has 0 aromatic rings. The first kappa shape index (κ1) is 21.5. The third kappa shape index (κ3) is 5.25. The monoisotopic (exact) mass is 430 g/mol. The zero-order valence-corrected chi connectivity index (χ0v) is 15.8. The lowest BCUT2D eigenvalue weighted by Gasteiger charge is -2.43. The highest BCUT2D eigenvalue weighted by Gasteiger charge is 2.41. The van der Waals surface area contributed by atoms with Gasteiger partial charge in [0.05, 0.1) is 12.6 Å². The van der Waals surface area contributed by atoms with Gasteiger partial charge in [0.2, 0.25) is 5.91 Å². The Hall–Kier alpha value is -1.17. The number of ether oxygens (including phenoxy) is 1. The molecule has 0 aromatic heterocycles. The normalized spacial score (nSPS) is 35.8. The van der Waals surface area contributed by atoms with E-state index in [-0.39, 0.29) is 50.2 Å². The smallest absolute Gasteiger partial charge is 0.340 e. The number of amides is 2. The summed E-state index contributed by atoms with van der Waals surface area (Å²) in [4.78, 5) is 27.5. The fraction of sp³-hybridized carbons (Fsp3) is 0.875. The van der Waals surface area contributed by atoms with Crippen molar-refractivity contribution < 1.29 is 31.9 Å². The van der Waals surface area contributed by atoms with Crippen molar-refractivity contribution in [1.82, 2.24) is 20.7 Å². The molecule has 3 rings (SSSR count). The van der Waals surface area contributed by atoms with E-state index in [1.165, 1.54) is 4.90 Å². The minimum atomic E-state index is -4.77. The van der Waals surface area contributed by atoms with Crippen LogP contribution >= 0.6 is 11.6 Å². The highest BCUT2D eigenvalue weighted by molar-refractivity contribution is 6.31. The standard InChI is InChI=1S/C16H23ClF4N4O3/c17-14-12(6-22-23-15(14)27)24-3-4-25(13(26)8-24)7-9-1-2-10(5-11(9)18)28-16(19,20)21/h9-12,14,22H,1-8H2,(H,23,27). The van der Waals surface area contributed by atoms with E-state index < -0.39 is 29.9 Å². The van der Waals surface area contributed by atoms with Crippen molar-refractivity contribution in [3.8, 4) is 0 Å². The molecule has 28 heavy (non-hydrogen) atoms. The highest BCUT2D eigenvalue weighted by Crippen LogP contribution is 2.33. The Morgan fingerprint density at radius 2 is 1.96 bits per heavy atom. The van der Waals surface area contributed by atoms with E-state index in [1.54, 1.807) is 0 Å². The van der Waals surface area contributed by atoms with Crippen molar-refractivity contribution in [1.29, 1.82) is 0 Å². The Kier molecular flexibility index (Phi) is 6.68. The van der Waals surface area contributed by atoms with Crippen LogP contribution in [0.1, 0.15) is 19.3 Å². The molecule has 1 saturated carbocycles. The minimum Gasteiger partial charge on any atom is -0.340 e. The molecule has 2 amide bonds. The summed E-state index contributed by atoms with van der Waals surface area (Å²) >= 11 is 6.12. The molecule has 0 bridgehead atoms. The van der Waals surface area contributed by atoms with Gasteiger partial charge in [-0.25, -0.2) is 9.82 Å². The summed E-state index contributed by atoms with van der Waals surface area (Å²) in [6.07, 6.45) is -7.39. The molecule has 0 spiro atoms. The summed E-state index contributed by atoms with van der Waals surface area (Å²) in [6.45, 7) is 1.47. The van der Waals surface area contributed by atoms with Crippen molar-refractivity contribution >= 4 is 23.4 Å². The first-order chi connectivity index (χ1) is 13.1. The van der Waals surface area contributed by atoms with E-state index in [4.69, 9.17) is 11.6 Å². The fourth-order valence-corrected chi connectivity index (χ4v) is 4.34. The molecule has 0 aromatic carbocycles. The number of carbonyl (C=O) groups excluding carboxylic acids is 2. The second-order valence-corrected chi connectivity index (χ2v) is 7.89. The summed E-state index contributed by atoms with van der Waals surface area (Å²) in [6, 6.07) is -0.328. The molecule has 3 aliphatic rings. The molecule has 0 radical (unpaired) electrons. The third-order valence-corrected chi connectivity index (χ3v) is 6.03. The van der Waals surface area contributed by atoms with Gasteiger partial charge in [-0.15, -0.1) is 24.8 Å². The summed E-state index contributed by atoms with van der Waals surface area (Å²) in [5.41, 5.74) is 5.17. The van der Waals surface area contributed by atoms with Crippen LogP contribution in [-0.2, 0) is 14.3 Å². The van der Waals surface area contributed by atoms with Gasteiger partial charge in [-0.3, -0.25) is 24.7 Å². The lowest BCUT2D eigenvalue weighted by molar-refractivity contribution is -0.347. The summed E-state index contributed by atoms with van der Waals surface area (Å²) < 4.78 is 55.1. The van der Waals surface area contributed by atoms with Gasteiger partial charge >= 0.3 is 6.36 Å². The van der Waals surface area contributed by atoms with Crippen LogP contribution in [0.2, 0.25) is 0 Å². The molecule has 12 heteroatoms. The van der Waals surface area contributed by atoms with Crippen molar-refractivity contribution in [3.63, 3.8) is 0 Å². The van der Waals surface area contributed by atoms with Gasteiger partial charge in [0.15, 0.2) is 0 Å². The number of halogens is 5. The molecule has 2 N–H and O–H groups in total. The van der Waals surface area contributed by atoms with Crippen LogP contribution in [0.5, 0.6) is 0 Å². The van der Waals surface area contributed by atoms with Crippen molar-refractivity contribution in [2.24, 2.45) is 5.92 Å². The molecule has 2 aliphatic heterocycles. The number of rotatable bonds is 4. The number of piperazine rings is 1. The van der Waals surface area contributed by atoms with Gasteiger partial charge < -0.3 is 4.90 Å². The van der Waals surface area contributed by atoms with E-state index in [1.807, 2.05) is 4.90 Å². The molecule has 160 valence electrons. The van der Waals surface area contributed by atoms with Crippen LogP contribution in [0.3, 0.4) is 0 Å². The van der Waals surface area contributed by atoms with Crippen molar-refractivity contribution in [2.75, 3.05) is 32.7 Å². The van der Waals surface area contributed by atoms with Gasteiger partial charge in [0.25, 0.3) is 5.91 Å². The lowest BCUT2D eigenvalue weighted by Crippen LogP contribution is -2.65. The zero-order valence-electron chi connectivity index (χ0n) is 15.1. The van der Waals surface area contributed by atoms with Crippen LogP contribution in [0.25, 0.3) is 0 Å². The maximum Gasteiger partial charge on any atom is 0.522 e. The third-order valence-electron chi connectivity index (χ3n) is 5.54. The Labute approximate surface area is 164 Å². The van der Waals surface area contributed by atoms with Crippen LogP contribution in [0.15, 0.2) is 0 Å². The van der Waals surface area contributed by atoms with Crippen molar-refractivity contribution in [2.45, 2.75) is 49.3 Å². The van der Waals surface area contributed by atoms with Gasteiger partial charge in [-0.2, -0.15) is 0 Å². The molecule has 7 nitrogen and oxygen atoms in total. The molecular weight excluding hydrogens is 408 g/mol. The van der Waals surface area contributed by atoms with Crippen LogP contribution in [-0.4, -0.2) is 84.4 Å². The van der Waals surface area contributed by atoms with Crippen LogP contribution < -0.4 is 10.9 Å². The molecule has 5 unspecified atom stereocenters. The first-order valence-electron chi connectivity index (χ1n) is 9.21. The number of carbonyl (C=O) groups is 2. The Bertz CT molecular complexity index is 597. The number of nitrogens with zero attached hydrogens (tertiary/aromatic N) is 2. The maximum atomic E-state index is 14.4. The Balaban J connectivity index is 1.49. The fourth-order valence-electron chi connectivity index (χ4n) is 4.03.